The Morgan fingerprint density at radius 3 is 3.00 bits per heavy atom. The van der Waals surface area contributed by atoms with Crippen molar-refractivity contribution in [1.29, 1.82) is 0 Å². The van der Waals surface area contributed by atoms with Gasteiger partial charge in [0.25, 0.3) is 11.8 Å². The summed E-state index contributed by atoms with van der Waals surface area (Å²) in [6.07, 6.45) is 6.99. The van der Waals surface area contributed by atoms with Crippen molar-refractivity contribution in [3.63, 3.8) is 0 Å². The highest BCUT2D eigenvalue weighted by molar-refractivity contribution is 5.94. The van der Waals surface area contributed by atoms with Gasteiger partial charge in [-0.1, -0.05) is 0 Å². The Hall–Kier alpha value is -2.44. The molecule has 2 aromatic heterocycles. The zero-order valence-corrected chi connectivity index (χ0v) is 14.9. The maximum atomic E-state index is 13.8. The molecule has 1 aliphatic carbocycles. The molecule has 1 amide bonds. The first kappa shape index (κ1) is 17.0. The predicted molar refractivity (Wildman–Crippen MR) is 93.6 cm³/mol. The molecule has 0 saturated carbocycles. The van der Waals surface area contributed by atoms with Crippen LogP contribution in [0.1, 0.15) is 47.4 Å². The molecule has 3 heterocycles. The molecule has 1 atom stereocenters. The number of aromatic nitrogens is 3. The van der Waals surface area contributed by atoms with Crippen LogP contribution in [0.3, 0.4) is 0 Å². The number of aryl methyl sites for hydroxylation is 1. The van der Waals surface area contributed by atoms with E-state index in [1.54, 1.807) is 4.90 Å². The molecule has 4 rings (SSSR count). The Labute approximate surface area is 152 Å². The maximum Gasteiger partial charge on any atom is 0.274 e. The summed E-state index contributed by atoms with van der Waals surface area (Å²) in [7, 11) is 1.91. The van der Waals surface area contributed by atoms with Crippen molar-refractivity contribution in [1.82, 2.24) is 19.7 Å². The molecule has 0 bridgehead atoms. The van der Waals surface area contributed by atoms with Crippen molar-refractivity contribution in [3.8, 4) is 5.88 Å². The third kappa shape index (κ3) is 3.18. The molecule has 6 nitrogen and oxygen atoms in total. The summed E-state index contributed by atoms with van der Waals surface area (Å²) >= 11 is 0. The van der Waals surface area contributed by atoms with Gasteiger partial charge in [-0.25, -0.2) is 9.37 Å². The van der Waals surface area contributed by atoms with E-state index in [-0.39, 0.29) is 17.9 Å². The van der Waals surface area contributed by atoms with Crippen molar-refractivity contribution in [2.24, 2.45) is 7.05 Å². The Morgan fingerprint density at radius 1 is 1.31 bits per heavy atom. The highest BCUT2D eigenvalue weighted by atomic mass is 19.1. The number of amides is 1. The lowest BCUT2D eigenvalue weighted by atomic mass is 9.95. The van der Waals surface area contributed by atoms with E-state index in [1.807, 2.05) is 11.7 Å². The monoisotopic (exact) mass is 358 g/mol. The zero-order chi connectivity index (χ0) is 18.1. The predicted octanol–water partition coefficient (Wildman–Crippen LogP) is 2.52. The van der Waals surface area contributed by atoms with Crippen molar-refractivity contribution < 1.29 is 13.9 Å². The lowest BCUT2D eigenvalue weighted by Crippen LogP contribution is -2.45. The highest BCUT2D eigenvalue weighted by Gasteiger charge is 2.31. The fourth-order valence-corrected chi connectivity index (χ4v) is 3.93. The van der Waals surface area contributed by atoms with Crippen molar-refractivity contribution >= 4 is 5.91 Å². The van der Waals surface area contributed by atoms with E-state index in [9.17, 15) is 9.18 Å². The number of hydrogen-bond acceptors (Lipinski definition) is 4. The van der Waals surface area contributed by atoms with E-state index < -0.39 is 5.82 Å². The van der Waals surface area contributed by atoms with Gasteiger partial charge in [-0.15, -0.1) is 0 Å². The van der Waals surface area contributed by atoms with Crippen LogP contribution < -0.4 is 4.74 Å². The van der Waals surface area contributed by atoms with Crippen LogP contribution >= 0.6 is 0 Å². The van der Waals surface area contributed by atoms with Crippen LogP contribution in [-0.4, -0.2) is 44.8 Å². The largest absolute Gasteiger partial charge is 0.470 e. The minimum atomic E-state index is -0.477. The third-order valence-electron chi connectivity index (χ3n) is 5.24. The van der Waals surface area contributed by atoms with Gasteiger partial charge < -0.3 is 9.64 Å². The molecule has 0 aromatic carbocycles. The number of nitrogens with zero attached hydrogens (tertiary/aromatic N) is 4. The van der Waals surface area contributed by atoms with Gasteiger partial charge in [0.2, 0.25) is 0 Å². The van der Waals surface area contributed by atoms with Crippen molar-refractivity contribution in [2.45, 2.75) is 44.6 Å². The van der Waals surface area contributed by atoms with Crippen LogP contribution in [0.5, 0.6) is 5.88 Å². The van der Waals surface area contributed by atoms with E-state index in [1.165, 1.54) is 24.0 Å². The molecule has 138 valence electrons. The van der Waals surface area contributed by atoms with Gasteiger partial charge in [-0.3, -0.25) is 9.48 Å². The van der Waals surface area contributed by atoms with Crippen molar-refractivity contribution in [3.05, 3.63) is 41.1 Å². The molecule has 2 aromatic rings. The summed E-state index contributed by atoms with van der Waals surface area (Å²) in [5.74, 6) is -0.518. The number of likely N-dealkylation sites (tertiary alicyclic amines) is 1. The smallest absolute Gasteiger partial charge is 0.274 e. The van der Waals surface area contributed by atoms with Gasteiger partial charge >= 0.3 is 0 Å². The Balaban J connectivity index is 1.49. The average molecular weight is 358 g/mol. The first-order chi connectivity index (χ1) is 12.6. The Morgan fingerprint density at radius 2 is 2.15 bits per heavy atom. The molecule has 26 heavy (non-hydrogen) atoms. The fraction of sp³-hybridized carbons (Fsp3) is 0.526. The second-order valence-electron chi connectivity index (χ2n) is 7.03. The summed E-state index contributed by atoms with van der Waals surface area (Å²) in [6, 6.07) is 2.86. The van der Waals surface area contributed by atoms with Crippen LogP contribution in [-0.2, 0) is 19.9 Å². The molecule has 1 saturated heterocycles. The fourth-order valence-electron chi connectivity index (χ4n) is 3.93. The third-order valence-corrected chi connectivity index (χ3v) is 5.24. The van der Waals surface area contributed by atoms with E-state index in [4.69, 9.17) is 4.74 Å². The van der Waals surface area contributed by atoms with Gasteiger partial charge in [0.1, 0.15) is 6.10 Å². The second kappa shape index (κ2) is 7.05. The maximum absolute atomic E-state index is 13.8. The van der Waals surface area contributed by atoms with E-state index >= 15 is 0 Å². The number of carbonyl (C=O) groups excluding carboxylic acids is 1. The number of piperidine rings is 1. The van der Waals surface area contributed by atoms with E-state index in [0.29, 0.717) is 18.8 Å². The molecule has 0 spiro atoms. The van der Waals surface area contributed by atoms with Crippen LogP contribution in [0.15, 0.2) is 18.3 Å². The van der Waals surface area contributed by atoms with Crippen LogP contribution in [0, 0.1) is 5.82 Å². The molecular formula is C19H23FN4O2. The molecule has 1 aliphatic heterocycles. The SMILES string of the molecule is Cn1nc(C(=O)N2CCCC(Oc3ncccc3F)C2)c2c1CCCC2. The van der Waals surface area contributed by atoms with Crippen LogP contribution in [0.2, 0.25) is 0 Å². The lowest BCUT2D eigenvalue weighted by molar-refractivity contribution is 0.0511. The minimum absolute atomic E-state index is 0.00187. The number of hydrogen-bond donors (Lipinski definition) is 0. The molecule has 2 aliphatic rings. The van der Waals surface area contributed by atoms with E-state index in [0.717, 1.165) is 44.1 Å². The first-order valence-corrected chi connectivity index (χ1v) is 9.24. The Bertz CT molecular complexity index is 820. The zero-order valence-electron chi connectivity index (χ0n) is 14.9. The molecule has 1 fully saturated rings. The minimum Gasteiger partial charge on any atom is -0.470 e. The topological polar surface area (TPSA) is 60.2 Å². The van der Waals surface area contributed by atoms with Gasteiger partial charge in [0.15, 0.2) is 11.5 Å². The average Bonchev–Trinajstić information content (AvgIpc) is 3.00. The quantitative estimate of drug-likeness (QED) is 0.846. The van der Waals surface area contributed by atoms with Crippen molar-refractivity contribution in [2.75, 3.05) is 13.1 Å². The lowest BCUT2D eigenvalue weighted by Gasteiger charge is -2.32. The van der Waals surface area contributed by atoms with Crippen LogP contribution in [0.25, 0.3) is 0 Å². The number of carbonyl (C=O) groups is 1. The summed E-state index contributed by atoms with van der Waals surface area (Å²) < 4.78 is 21.3. The van der Waals surface area contributed by atoms with Gasteiger partial charge in [-0.05, 0) is 50.7 Å². The Kier molecular flexibility index (Phi) is 4.61. The number of pyridine rings is 1. The number of rotatable bonds is 3. The van der Waals surface area contributed by atoms with Gasteiger partial charge in [-0.2, -0.15) is 5.10 Å². The number of halogens is 1. The van der Waals surface area contributed by atoms with Gasteiger partial charge in [0, 0.05) is 31.0 Å². The molecular weight excluding hydrogens is 335 g/mol. The summed E-state index contributed by atoms with van der Waals surface area (Å²) in [6.45, 7) is 1.11. The standard InChI is InChI=1S/C19H23FN4O2/c1-23-16-9-3-2-7-14(16)17(22-23)19(25)24-11-5-6-13(12-24)26-18-15(20)8-4-10-21-18/h4,8,10,13H,2-3,5-7,9,11-12H2,1H3. The van der Waals surface area contributed by atoms with Crippen LogP contribution in [0.4, 0.5) is 4.39 Å². The number of ether oxygens (including phenoxy) is 1. The first-order valence-electron chi connectivity index (χ1n) is 9.24. The second-order valence-corrected chi connectivity index (χ2v) is 7.03. The summed E-state index contributed by atoms with van der Waals surface area (Å²) in [5, 5.41) is 4.50. The number of fused-ring (bicyclic) bond motifs is 1. The molecule has 1 unspecified atom stereocenters. The summed E-state index contributed by atoms with van der Waals surface area (Å²) in [5.41, 5.74) is 2.86. The van der Waals surface area contributed by atoms with Gasteiger partial charge in [0.05, 0.1) is 6.54 Å². The normalized spacial score (nSPS) is 19.9. The molecule has 0 N–H and O–H groups in total. The molecule has 0 radical (unpaired) electrons. The van der Waals surface area contributed by atoms with E-state index in [2.05, 4.69) is 10.1 Å². The highest BCUT2D eigenvalue weighted by Crippen LogP contribution is 2.26. The summed E-state index contributed by atoms with van der Waals surface area (Å²) in [4.78, 5) is 18.8. The molecule has 7 heteroatoms.